The minimum Gasteiger partial charge on any atom is -0.354 e. The summed E-state index contributed by atoms with van der Waals surface area (Å²) in [7, 11) is 0. The Morgan fingerprint density at radius 1 is 1.31 bits per heavy atom. The van der Waals surface area contributed by atoms with Crippen LogP contribution in [0.5, 0.6) is 0 Å². The standard InChI is InChI=1S/C13H24N2O/c1-9(2)11-5-3-4-6-12(11)15-10-7-13(16)14-8-10/h9-12,15H,3-8H2,1-2H3,(H,14,16). The van der Waals surface area contributed by atoms with Gasteiger partial charge in [0.25, 0.3) is 0 Å². The first kappa shape index (κ1) is 11.9. The van der Waals surface area contributed by atoms with Crippen LogP contribution in [0.4, 0.5) is 0 Å². The third kappa shape index (κ3) is 2.76. The highest BCUT2D eigenvalue weighted by atomic mass is 16.1. The van der Waals surface area contributed by atoms with Gasteiger partial charge in [-0.2, -0.15) is 0 Å². The number of hydrogen-bond donors (Lipinski definition) is 2. The molecule has 2 fully saturated rings. The van der Waals surface area contributed by atoms with Crippen LogP contribution in [0.15, 0.2) is 0 Å². The SMILES string of the molecule is CC(C)C1CCCCC1NC1CNC(=O)C1. The molecule has 92 valence electrons. The molecule has 2 N–H and O–H groups in total. The molecule has 1 amide bonds. The van der Waals surface area contributed by atoms with Gasteiger partial charge in [-0.05, 0) is 24.7 Å². The van der Waals surface area contributed by atoms with E-state index >= 15 is 0 Å². The van der Waals surface area contributed by atoms with Gasteiger partial charge < -0.3 is 10.6 Å². The molecule has 2 aliphatic rings. The molecule has 0 radical (unpaired) electrons. The molecule has 0 aromatic carbocycles. The van der Waals surface area contributed by atoms with Gasteiger partial charge in [-0.15, -0.1) is 0 Å². The van der Waals surface area contributed by atoms with E-state index in [1.54, 1.807) is 0 Å². The molecule has 2 rings (SSSR count). The van der Waals surface area contributed by atoms with Crippen LogP contribution in [-0.4, -0.2) is 24.5 Å². The Hall–Kier alpha value is -0.570. The molecule has 1 aliphatic carbocycles. The summed E-state index contributed by atoms with van der Waals surface area (Å²) in [6, 6.07) is 1.00. The summed E-state index contributed by atoms with van der Waals surface area (Å²) in [6.07, 6.45) is 6.02. The van der Waals surface area contributed by atoms with Crippen molar-refractivity contribution in [1.82, 2.24) is 10.6 Å². The number of hydrogen-bond acceptors (Lipinski definition) is 2. The first-order valence-corrected chi connectivity index (χ1v) is 6.69. The van der Waals surface area contributed by atoms with Crippen LogP contribution in [0, 0.1) is 11.8 Å². The van der Waals surface area contributed by atoms with E-state index in [0.29, 0.717) is 18.5 Å². The molecule has 3 unspecified atom stereocenters. The van der Waals surface area contributed by atoms with Crippen molar-refractivity contribution in [1.29, 1.82) is 0 Å². The minimum atomic E-state index is 0.203. The molecule has 0 spiro atoms. The Morgan fingerprint density at radius 2 is 2.06 bits per heavy atom. The van der Waals surface area contributed by atoms with E-state index < -0.39 is 0 Å². The third-order valence-corrected chi connectivity index (χ3v) is 4.10. The van der Waals surface area contributed by atoms with Crippen molar-refractivity contribution in [2.75, 3.05) is 6.54 Å². The second-order valence-corrected chi connectivity index (χ2v) is 5.67. The predicted molar refractivity (Wildman–Crippen MR) is 65.1 cm³/mol. The van der Waals surface area contributed by atoms with E-state index in [1.807, 2.05) is 0 Å². The topological polar surface area (TPSA) is 41.1 Å². The molecule has 1 saturated carbocycles. The van der Waals surface area contributed by atoms with Crippen LogP contribution in [-0.2, 0) is 4.79 Å². The van der Waals surface area contributed by atoms with Gasteiger partial charge in [0.1, 0.15) is 0 Å². The highest BCUT2D eigenvalue weighted by molar-refractivity contribution is 5.78. The fraction of sp³-hybridized carbons (Fsp3) is 0.923. The summed E-state index contributed by atoms with van der Waals surface area (Å²) in [4.78, 5) is 11.2. The average Bonchev–Trinajstić information content (AvgIpc) is 2.64. The van der Waals surface area contributed by atoms with Crippen molar-refractivity contribution in [3.8, 4) is 0 Å². The quantitative estimate of drug-likeness (QED) is 0.766. The van der Waals surface area contributed by atoms with Gasteiger partial charge in [0.2, 0.25) is 5.91 Å². The van der Waals surface area contributed by atoms with Crippen molar-refractivity contribution >= 4 is 5.91 Å². The smallest absolute Gasteiger partial charge is 0.221 e. The monoisotopic (exact) mass is 224 g/mol. The van der Waals surface area contributed by atoms with Crippen LogP contribution in [0.3, 0.4) is 0 Å². The molecule has 3 heteroatoms. The lowest BCUT2D eigenvalue weighted by atomic mass is 9.77. The van der Waals surface area contributed by atoms with Crippen molar-refractivity contribution in [2.45, 2.75) is 58.0 Å². The highest BCUT2D eigenvalue weighted by Crippen LogP contribution is 2.30. The zero-order valence-electron chi connectivity index (χ0n) is 10.5. The van der Waals surface area contributed by atoms with Gasteiger partial charge in [-0.1, -0.05) is 26.7 Å². The van der Waals surface area contributed by atoms with Crippen LogP contribution in [0.1, 0.15) is 46.0 Å². The normalized spacial score (nSPS) is 35.4. The largest absolute Gasteiger partial charge is 0.354 e. The summed E-state index contributed by atoms with van der Waals surface area (Å²) >= 11 is 0. The number of amides is 1. The average molecular weight is 224 g/mol. The highest BCUT2D eigenvalue weighted by Gasteiger charge is 2.31. The Labute approximate surface area is 98.4 Å². The Morgan fingerprint density at radius 3 is 2.69 bits per heavy atom. The van der Waals surface area contributed by atoms with Crippen molar-refractivity contribution < 1.29 is 4.79 Å². The van der Waals surface area contributed by atoms with Gasteiger partial charge in [-0.25, -0.2) is 0 Å². The molecule has 1 aliphatic heterocycles. The first-order chi connectivity index (χ1) is 7.66. The second kappa shape index (κ2) is 5.17. The van der Waals surface area contributed by atoms with E-state index in [9.17, 15) is 4.79 Å². The third-order valence-electron chi connectivity index (χ3n) is 4.10. The van der Waals surface area contributed by atoms with E-state index in [-0.39, 0.29) is 5.91 Å². The Bertz CT molecular complexity index is 252. The molecule has 3 atom stereocenters. The zero-order valence-corrected chi connectivity index (χ0v) is 10.5. The number of carbonyl (C=O) groups excluding carboxylic acids is 1. The van der Waals surface area contributed by atoms with Crippen molar-refractivity contribution in [3.63, 3.8) is 0 Å². The summed E-state index contributed by atoms with van der Waals surface area (Å²) in [5.74, 6) is 1.75. The molecular formula is C13H24N2O. The molecule has 0 aromatic heterocycles. The molecule has 0 aromatic rings. The van der Waals surface area contributed by atoms with Crippen LogP contribution < -0.4 is 10.6 Å². The van der Waals surface area contributed by atoms with Gasteiger partial charge in [0.05, 0.1) is 0 Å². The molecule has 16 heavy (non-hydrogen) atoms. The zero-order chi connectivity index (χ0) is 11.5. The van der Waals surface area contributed by atoms with Crippen molar-refractivity contribution in [2.24, 2.45) is 11.8 Å². The maximum atomic E-state index is 11.2. The number of carbonyl (C=O) groups is 1. The molecular weight excluding hydrogens is 200 g/mol. The Kier molecular flexibility index (Phi) is 3.85. The van der Waals surface area contributed by atoms with E-state index in [2.05, 4.69) is 24.5 Å². The summed E-state index contributed by atoms with van der Waals surface area (Å²) < 4.78 is 0. The van der Waals surface area contributed by atoms with Gasteiger partial charge in [-0.3, -0.25) is 4.79 Å². The van der Waals surface area contributed by atoms with Gasteiger partial charge >= 0.3 is 0 Å². The lowest BCUT2D eigenvalue weighted by Crippen LogP contribution is -2.46. The maximum absolute atomic E-state index is 11.2. The van der Waals surface area contributed by atoms with Gasteiger partial charge in [0, 0.05) is 25.0 Å². The molecule has 3 nitrogen and oxygen atoms in total. The van der Waals surface area contributed by atoms with Crippen LogP contribution in [0.25, 0.3) is 0 Å². The number of nitrogens with one attached hydrogen (secondary N) is 2. The van der Waals surface area contributed by atoms with Crippen LogP contribution in [0.2, 0.25) is 0 Å². The fourth-order valence-corrected chi connectivity index (χ4v) is 3.19. The van der Waals surface area contributed by atoms with E-state index in [1.165, 1.54) is 25.7 Å². The lowest BCUT2D eigenvalue weighted by molar-refractivity contribution is -0.119. The van der Waals surface area contributed by atoms with Crippen molar-refractivity contribution in [3.05, 3.63) is 0 Å². The maximum Gasteiger partial charge on any atom is 0.221 e. The van der Waals surface area contributed by atoms with E-state index in [0.717, 1.165) is 18.4 Å². The molecule has 0 bridgehead atoms. The Balaban J connectivity index is 1.88. The van der Waals surface area contributed by atoms with Gasteiger partial charge in [0.15, 0.2) is 0 Å². The second-order valence-electron chi connectivity index (χ2n) is 5.67. The molecule has 1 saturated heterocycles. The summed E-state index contributed by atoms with van der Waals surface area (Å²) in [6.45, 7) is 5.46. The fourth-order valence-electron chi connectivity index (χ4n) is 3.19. The molecule has 1 heterocycles. The van der Waals surface area contributed by atoms with E-state index in [4.69, 9.17) is 0 Å². The lowest BCUT2D eigenvalue weighted by Gasteiger charge is -2.36. The minimum absolute atomic E-state index is 0.203. The first-order valence-electron chi connectivity index (χ1n) is 6.69. The summed E-state index contributed by atoms with van der Waals surface area (Å²) in [5, 5.41) is 6.60. The number of rotatable bonds is 3. The van der Waals surface area contributed by atoms with Crippen LogP contribution >= 0.6 is 0 Å². The summed E-state index contributed by atoms with van der Waals surface area (Å²) in [5.41, 5.74) is 0. The predicted octanol–water partition coefficient (Wildman–Crippen LogP) is 1.68.